The topological polar surface area (TPSA) is 41.6 Å². The monoisotopic (exact) mass is 240 g/mol. The molecule has 1 N–H and O–H groups in total. The number of amides is 1. The summed E-state index contributed by atoms with van der Waals surface area (Å²) in [5, 5.41) is 3.30. The maximum absolute atomic E-state index is 12.0. The predicted molar refractivity (Wildman–Crippen MR) is 66.9 cm³/mol. The molecule has 4 heteroatoms. The molecule has 2 heterocycles. The Morgan fingerprint density at radius 2 is 1.76 bits per heavy atom. The third-order valence-electron chi connectivity index (χ3n) is 3.69. The van der Waals surface area contributed by atoms with Crippen LogP contribution in [0.5, 0.6) is 0 Å². The van der Waals surface area contributed by atoms with E-state index in [1.165, 1.54) is 12.8 Å². The van der Waals surface area contributed by atoms with Gasteiger partial charge in [-0.25, -0.2) is 0 Å². The highest BCUT2D eigenvalue weighted by Crippen LogP contribution is 2.11. The van der Waals surface area contributed by atoms with E-state index in [0.29, 0.717) is 0 Å². The second kappa shape index (κ2) is 6.97. The maximum Gasteiger partial charge on any atom is 0.248 e. The third kappa shape index (κ3) is 4.28. The van der Waals surface area contributed by atoms with Gasteiger partial charge in [0.1, 0.15) is 6.61 Å². The molecule has 2 aliphatic rings. The Bertz CT molecular complexity index is 232. The van der Waals surface area contributed by atoms with Gasteiger partial charge in [-0.05, 0) is 38.8 Å². The number of rotatable bonds is 3. The van der Waals surface area contributed by atoms with Crippen LogP contribution in [0.4, 0.5) is 0 Å². The largest absolute Gasteiger partial charge is 0.368 e. The van der Waals surface area contributed by atoms with E-state index in [1.54, 1.807) is 0 Å². The van der Waals surface area contributed by atoms with Crippen molar-refractivity contribution in [1.29, 1.82) is 0 Å². The summed E-state index contributed by atoms with van der Waals surface area (Å²) >= 11 is 0. The Morgan fingerprint density at radius 1 is 1.12 bits per heavy atom. The fourth-order valence-electron chi connectivity index (χ4n) is 2.56. The summed E-state index contributed by atoms with van der Waals surface area (Å²) in [6.45, 7) is 4.17. The van der Waals surface area contributed by atoms with Gasteiger partial charge in [0.05, 0.1) is 6.10 Å². The summed E-state index contributed by atoms with van der Waals surface area (Å²) < 4.78 is 5.71. The summed E-state index contributed by atoms with van der Waals surface area (Å²) in [5.41, 5.74) is 0. The smallest absolute Gasteiger partial charge is 0.248 e. The lowest BCUT2D eigenvalue weighted by Crippen LogP contribution is -2.38. The van der Waals surface area contributed by atoms with Gasteiger partial charge >= 0.3 is 0 Å². The van der Waals surface area contributed by atoms with E-state index < -0.39 is 0 Å². The van der Waals surface area contributed by atoms with Gasteiger partial charge in [0, 0.05) is 13.1 Å². The van der Waals surface area contributed by atoms with Crippen LogP contribution in [0.25, 0.3) is 0 Å². The first kappa shape index (κ1) is 12.8. The molecule has 0 atom stereocenters. The van der Waals surface area contributed by atoms with Crippen LogP contribution in [-0.2, 0) is 9.53 Å². The van der Waals surface area contributed by atoms with E-state index in [0.717, 1.165) is 51.9 Å². The molecule has 0 aromatic carbocycles. The number of likely N-dealkylation sites (tertiary alicyclic amines) is 1. The Labute approximate surface area is 104 Å². The quantitative estimate of drug-likeness (QED) is 0.805. The number of nitrogens with zero attached hydrogens (tertiary/aromatic N) is 1. The fraction of sp³-hybridized carbons (Fsp3) is 0.923. The normalized spacial score (nSPS) is 23.4. The van der Waals surface area contributed by atoms with Gasteiger partial charge in [0.25, 0.3) is 0 Å². The zero-order valence-corrected chi connectivity index (χ0v) is 10.6. The minimum atomic E-state index is 0.186. The summed E-state index contributed by atoms with van der Waals surface area (Å²) in [6.07, 6.45) is 7.18. The Morgan fingerprint density at radius 3 is 2.41 bits per heavy atom. The number of hydrogen-bond donors (Lipinski definition) is 1. The highest BCUT2D eigenvalue weighted by Gasteiger charge is 2.19. The summed E-state index contributed by atoms with van der Waals surface area (Å²) in [7, 11) is 0. The SMILES string of the molecule is O=C(COC1CCNCC1)N1CCCCCC1. The van der Waals surface area contributed by atoms with E-state index >= 15 is 0 Å². The molecule has 2 fully saturated rings. The lowest BCUT2D eigenvalue weighted by Gasteiger charge is -2.25. The van der Waals surface area contributed by atoms with Crippen LogP contribution in [0, 0.1) is 0 Å². The zero-order valence-electron chi connectivity index (χ0n) is 10.6. The minimum Gasteiger partial charge on any atom is -0.368 e. The van der Waals surface area contributed by atoms with Crippen LogP contribution in [0.2, 0.25) is 0 Å². The molecular weight excluding hydrogens is 216 g/mol. The van der Waals surface area contributed by atoms with Gasteiger partial charge in [0.2, 0.25) is 5.91 Å². The standard InChI is InChI=1S/C13H24N2O2/c16-13(15-9-3-1-2-4-10-15)11-17-12-5-7-14-8-6-12/h12,14H,1-11H2. The van der Waals surface area contributed by atoms with Gasteiger partial charge < -0.3 is 15.0 Å². The molecule has 0 bridgehead atoms. The predicted octanol–water partition coefficient (Wildman–Crippen LogP) is 1.16. The summed E-state index contributed by atoms with van der Waals surface area (Å²) in [5.74, 6) is 0.186. The van der Waals surface area contributed by atoms with E-state index in [2.05, 4.69) is 5.32 Å². The van der Waals surface area contributed by atoms with E-state index in [9.17, 15) is 4.79 Å². The van der Waals surface area contributed by atoms with Crippen LogP contribution >= 0.6 is 0 Å². The van der Waals surface area contributed by atoms with Crippen LogP contribution < -0.4 is 5.32 Å². The second-order valence-electron chi connectivity index (χ2n) is 5.06. The highest BCUT2D eigenvalue weighted by atomic mass is 16.5. The first-order valence-corrected chi connectivity index (χ1v) is 6.96. The van der Waals surface area contributed by atoms with Crippen molar-refractivity contribution in [2.75, 3.05) is 32.8 Å². The number of ether oxygens (including phenoxy) is 1. The second-order valence-corrected chi connectivity index (χ2v) is 5.06. The lowest BCUT2D eigenvalue weighted by atomic mass is 10.1. The van der Waals surface area contributed by atoms with Crippen LogP contribution in [0.3, 0.4) is 0 Å². The average Bonchev–Trinajstić information content (AvgIpc) is 2.66. The Kier molecular flexibility index (Phi) is 5.26. The molecule has 17 heavy (non-hydrogen) atoms. The van der Waals surface area contributed by atoms with Crippen molar-refractivity contribution in [3.63, 3.8) is 0 Å². The number of carbonyl (C=O) groups excluding carboxylic acids is 1. The van der Waals surface area contributed by atoms with Crippen LogP contribution in [0.15, 0.2) is 0 Å². The molecular formula is C13H24N2O2. The minimum absolute atomic E-state index is 0.186. The maximum atomic E-state index is 12.0. The molecule has 2 saturated heterocycles. The number of piperidine rings is 1. The molecule has 0 aromatic rings. The van der Waals surface area contributed by atoms with Crippen molar-refractivity contribution in [2.45, 2.75) is 44.6 Å². The molecule has 0 aromatic heterocycles. The van der Waals surface area contributed by atoms with Gasteiger partial charge in [0.15, 0.2) is 0 Å². The number of nitrogens with one attached hydrogen (secondary N) is 1. The van der Waals surface area contributed by atoms with Gasteiger partial charge in [-0.3, -0.25) is 4.79 Å². The number of carbonyl (C=O) groups is 1. The van der Waals surface area contributed by atoms with Crippen molar-refractivity contribution < 1.29 is 9.53 Å². The first-order valence-electron chi connectivity index (χ1n) is 6.96. The van der Waals surface area contributed by atoms with Crippen molar-refractivity contribution >= 4 is 5.91 Å². The average molecular weight is 240 g/mol. The fourth-order valence-corrected chi connectivity index (χ4v) is 2.56. The van der Waals surface area contributed by atoms with Crippen LogP contribution in [0.1, 0.15) is 38.5 Å². The molecule has 2 aliphatic heterocycles. The molecule has 0 aliphatic carbocycles. The van der Waals surface area contributed by atoms with E-state index in [1.807, 2.05) is 4.90 Å². The summed E-state index contributed by atoms with van der Waals surface area (Å²) in [4.78, 5) is 14.0. The van der Waals surface area contributed by atoms with E-state index in [4.69, 9.17) is 4.74 Å². The Hall–Kier alpha value is -0.610. The molecule has 1 amide bonds. The molecule has 98 valence electrons. The van der Waals surface area contributed by atoms with E-state index in [-0.39, 0.29) is 18.6 Å². The number of hydrogen-bond acceptors (Lipinski definition) is 3. The third-order valence-corrected chi connectivity index (χ3v) is 3.69. The van der Waals surface area contributed by atoms with Crippen molar-refractivity contribution in [3.05, 3.63) is 0 Å². The molecule has 2 rings (SSSR count). The zero-order chi connectivity index (χ0) is 11.9. The van der Waals surface area contributed by atoms with Crippen molar-refractivity contribution in [1.82, 2.24) is 10.2 Å². The van der Waals surface area contributed by atoms with Gasteiger partial charge in [-0.15, -0.1) is 0 Å². The van der Waals surface area contributed by atoms with Crippen molar-refractivity contribution in [3.8, 4) is 0 Å². The molecule has 4 nitrogen and oxygen atoms in total. The lowest BCUT2D eigenvalue weighted by molar-refractivity contribution is -0.138. The summed E-state index contributed by atoms with van der Waals surface area (Å²) in [6, 6.07) is 0. The molecule has 0 spiro atoms. The molecule has 0 radical (unpaired) electrons. The first-order chi connectivity index (χ1) is 8.36. The molecule has 0 saturated carbocycles. The molecule has 0 unspecified atom stereocenters. The van der Waals surface area contributed by atoms with Gasteiger partial charge in [-0.2, -0.15) is 0 Å². The highest BCUT2D eigenvalue weighted by molar-refractivity contribution is 5.77. The van der Waals surface area contributed by atoms with Gasteiger partial charge in [-0.1, -0.05) is 12.8 Å². The Balaban J connectivity index is 1.68. The van der Waals surface area contributed by atoms with Crippen LogP contribution in [-0.4, -0.2) is 49.7 Å². The van der Waals surface area contributed by atoms with Crippen molar-refractivity contribution in [2.24, 2.45) is 0 Å².